The van der Waals surface area contributed by atoms with Crippen molar-refractivity contribution in [2.45, 2.75) is 12.9 Å². The SMILES string of the molecule is O=C(NCc1ccccn1)c1cc(Br)ccc1OC(F)(F)F. The summed E-state index contributed by atoms with van der Waals surface area (Å²) in [6, 6.07) is 8.84. The lowest BCUT2D eigenvalue weighted by Crippen LogP contribution is -2.26. The predicted octanol–water partition coefficient (Wildman–Crippen LogP) is 3.67. The summed E-state index contributed by atoms with van der Waals surface area (Å²) < 4.78 is 41.4. The van der Waals surface area contributed by atoms with Crippen LogP contribution in [0.15, 0.2) is 47.1 Å². The first-order chi connectivity index (χ1) is 10.3. The molecule has 1 aromatic heterocycles. The van der Waals surface area contributed by atoms with Crippen molar-refractivity contribution in [1.29, 1.82) is 0 Å². The van der Waals surface area contributed by atoms with Crippen molar-refractivity contribution in [2.24, 2.45) is 0 Å². The summed E-state index contributed by atoms with van der Waals surface area (Å²) >= 11 is 3.11. The van der Waals surface area contributed by atoms with Crippen LogP contribution in [0, 0.1) is 0 Å². The van der Waals surface area contributed by atoms with E-state index in [4.69, 9.17) is 0 Å². The summed E-state index contributed by atoms with van der Waals surface area (Å²) in [4.78, 5) is 16.1. The molecule has 0 aliphatic rings. The highest BCUT2D eigenvalue weighted by molar-refractivity contribution is 9.10. The number of carbonyl (C=O) groups excluding carboxylic acids is 1. The van der Waals surface area contributed by atoms with E-state index in [1.54, 1.807) is 24.4 Å². The second kappa shape index (κ2) is 6.78. The van der Waals surface area contributed by atoms with Crippen LogP contribution in [0.2, 0.25) is 0 Å². The molecular formula is C14H10BrF3N2O2. The normalized spacial score (nSPS) is 11.1. The quantitative estimate of drug-likeness (QED) is 0.887. The van der Waals surface area contributed by atoms with Gasteiger partial charge in [-0.05, 0) is 30.3 Å². The van der Waals surface area contributed by atoms with Gasteiger partial charge in [-0.15, -0.1) is 13.2 Å². The largest absolute Gasteiger partial charge is 0.573 e. The van der Waals surface area contributed by atoms with Crippen molar-refractivity contribution in [3.8, 4) is 5.75 Å². The third-order valence-corrected chi connectivity index (χ3v) is 3.06. The van der Waals surface area contributed by atoms with E-state index < -0.39 is 18.0 Å². The maximum absolute atomic E-state index is 12.4. The first-order valence-corrected chi connectivity index (χ1v) is 6.88. The number of benzene rings is 1. The number of aromatic nitrogens is 1. The first kappa shape index (κ1) is 16.3. The van der Waals surface area contributed by atoms with E-state index >= 15 is 0 Å². The van der Waals surface area contributed by atoms with E-state index in [1.165, 1.54) is 12.1 Å². The van der Waals surface area contributed by atoms with Crippen molar-refractivity contribution in [3.63, 3.8) is 0 Å². The third kappa shape index (κ3) is 4.73. The van der Waals surface area contributed by atoms with E-state index in [0.29, 0.717) is 10.2 Å². The number of hydrogen-bond donors (Lipinski definition) is 1. The van der Waals surface area contributed by atoms with Crippen LogP contribution in [0.1, 0.15) is 16.1 Å². The molecule has 2 rings (SSSR count). The molecule has 1 N–H and O–H groups in total. The van der Waals surface area contributed by atoms with E-state index in [2.05, 4.69) is 31.0 Å². The van der Waals surface area contributed by atoms with Gasteiger partial charge in [-0.1, -0.05) is 22.0 Å². The molecule has 0 aliphatic heterocycles. The molecule has 116 valence electrons. The van der Waals surface area contributed by atoms with Crippen molar-refractivity contribution >= 4 is 21.8 Å². The Hall–Kier alpha value is -2.09. The van der Waals surface area contributed by atoms with Crippen LogP contribution in [0.3, 0.4) is 0 Å². The summed E-state index contributed by atoms with van der Waals surface area (Å²) in [5.41, 5.74) is 0.367. The summed E-state index contributed by atoms with van der Waals surface area (Å²) in [7, 11) is 0. The highest BCUT2D eigenvalue weighted by atomic mass is 79.9. The molecule has 0 unspecified atom stereocenters. The topological polar surface area (TPSA) is 51.2 Å². The Morgan fingerprint density at radius 3 is 2.68 bits per heavy atom. The minimum absolute atomic E-state index is 0.0949. The first-order valence-electron chi connectivity index (χ1n) is 6.08. The standard InChI is InChI=1S/C14H10BrF3N2O2/c15-9-4-5-12(22-14(16,17)18)11(7-9)13(21)20-8-10-3-1-2-6-19-10/h1-7H,8H2,(H,20,21). The minimum Gasteiger partial charge on any atom is -0.405 e. The second-order valence-electron chi connectivity index (χ2n) is 4.19. The number of nitrogens with one attached hydrogen (secondary N) is 1. The van der Waals surface area contributed by atoms with Crippen LogP contribution in [-0.4, -0.2) is 17.3 Å². The zero-order valence-electron chi connectivity index (χ0n) is 11.0. The van der Waals surface area contributed by atoms with E-state index in [1.807, 2.05) is 0 Å². The molecule has 1 heterocycles. The number of ether oxygens (including phenoxy) is 1. The predicted molar refractivity (Wildman–Crippen MR) is 76.2 cm³/mol. The average molecular weight is 375 g/mol. The summed E-state index contributed by atoms with van der Waals surface area (Å²) in [6.07, 6.45) is -3.32. The second-order valence-corrected chi connectivity index (χ2v) is 5.11. The number of alkyl halides is 3. The summed E-state index contributed by atoms with van der Waals surface area (Å²) in [5.74, 6) is -1.25. The average Bonchev–Trinajstić information content (AvgIpc) is 2.46. The summed E-state index contributed by atoms with van der Waals surface area (Å²) in [6.45, 7) is 0.0949. The Bertz CT molecular complexity index is 663. The zero-order valence-corrected chi connectivity index (χ0v) is 12.6. The fourth-order valence-electron chi connectivity index (χ4n) is 1.66. The van der Waals surface area contributed by atoms with Crippen LogP contribution < -0.4 is 10.1 Å². The van der Waals surface area contributed by atoms with Crippen LogP contribution >= 0.6 is 15.9 Å². The number of pyridine rings is 1. The number of nitrogens with zero attached hydrogens (tertiary/aromatic N) is 1. The van der Waals surface area contributed by atoms with Gasteiger partial charge >= 0.3 is 6.36 Å². The van der Waals surface area contributed by atoms with Crippen molar-refractivity contribution in [3.05, 3.63) is 58.3 Å². The molecule has 22 heavy (non-hydrogen) atoms. The molecule has 0 spiro atoms. The fourth-order valence-corrected chi connectivity index (χ4v) is 2.02. The number of carbonyl (C=O) groups is 1. The molecule has 0 saturated carbocycles. The Morgan fingerprint density at radius 2 is 2.05 bits per heavy atom. The van der Waals surface area contributed by atoms with Gasteiger partial charge in [-0.3, -0.25) is 9.78 Å². The Kier molecular flexibility index (Phi) is 5.02. The lowest BCUT2D eigenvalue weighted by Gasteiger charge is -2.13. The molecule has 1 amide bonds. The van der Waals surface area contributed by atoms with E-state index in [9.17, 15) is 18.0 Å². The van der Waals surface area contributed by atoms with Crippen LogP contribution in [0.5, 0.6) is 5.75 Å². The summed E-state index contributed by atoms with van der Waals surface area (Å²) in [5, 5.41) is 2.50. The Labute approximate surface area is 132 Å². The molecule has 4 nitrogen and oxygen atoms in total. The van der Waals surface area contributed by atoms with E-state index in [0.717, 1.165) is 6.07 Å². The third-order valence-electron chi connectivity index (χ3n) is 2.57. The molecule has 0 atom stereocenters. The van der Waals surface area contributed by atoms with Gasteiger partial charge in [-0.2, -0.15) is 0 Å². The maximum atomic E-state index is 12.4. The van der Waals surface area contributed by atoms with Gasteiger partial charge in [0.2, 0.25) is 0 Å². The van der Waals surface area contributed by atoms with Crippen LogP contribution in [0.25, 0.3) is 0 Å². The number of amides is 1. The van der Waals surface area contributed by atoms with Gasteiger partial charge in [0.25, 0.3) is 5.91 Å². The van der Waals surface area contributed by atoms with Gasteiger partial charge in [0.15, 0.2) is 0 Å². The fraction of sp³-hybridized carbons (Fsp3) is 0.143. The zero-order chi connectivity index (χ0) is 16.2. The lowest BCUT2D eigenvalue weighted by atomic mass is 10.2. The highest BCUT2D eigenvalue weighted by Gasteiger charge is 2.33. The minimum atomic E-state index is -4.87. The Balaban J connectivity index is 2.16. The smallest absolute Gasteiger partial charge is 0.405 e. The molecule has 0 aliphatic carbocycles. The molecule has 2 aromatic rings. The number of halogens is 4. The van der Waals surface area contributed by atoms with Crippen molar-refractivity contribution in [2.75, 3.05) is 0 Å². The maximum Gasteiger partial charge on any atom is 0.573 e. The van der Waals surface area contributed by atoms with Gasteiger partial charge in [0.1, 0.15) is 5.75 Å². The van der Waals surface area contributed by atoms with Gasteiger partial charge in [-0.25, -0.2) is 0 Å². The molecule has 0 fully saturated rings. The molecule has 0 saturated heterocycles. The lowest BCUT2D eigenvalue weighted by molar-refractivity contribution is -0.274. The van der Waals surface area contributed by atoms with Gasteiger partial charge in [0, 0.05) is 10.7 Å². The van der Waals surface area contributed by atoms with E-state index in [-0.39, 0.29) is 12.1 Å². The number of hydrogen-bond acceptors (Lipinski definition) is 3. The van der Waals surface area contributed by atoms with Crippen LogP contribution in [-0.2, 0) is 6.54 Å². The van der Waals surface area contributed by atoms with Crippen molar-refractivity contribution < 1.29 is 22.7 Å². The molecule has 1 aromatic carbocycles. The van der Waals surface area contributed by atoms with Gasteiger partial charge < -0.3 is 10.1 Å². The monoisotopic (exact) mass is 374 g/mol. The van der Waals surface area contributed by atoms with Crippen molar-refractivity contribution in [1.82, 2.24) is 10.3 Å². The Morgan fingerprint density at radius 1 is 1.27 bits per heavy atom. The molecular weight excluding hydrogens is 365 g/mol. The molecule has 0 bridgehead atoms. The molecule has 0 radical (unpaired) electrons. The molecule has 8 heteroatoms. The van der Waals surface area contributed by atoms with Gasteiger partial charge in [0.05, 0.1) is 17.8 Å². The van der Waals surface area contributed by atoms with Crippen LogP contribution in [0.4, 0.5) is 13.2 Å². The highest BCUT2D eigenvalue weighted by Crippen LogP contribution is 2.28. The number of rotatable bonds is 4.